The lowest BCUT2D eigenvalue weighted by atomic mass is 10.3. The molecule has 4 aromatic heterocycles. The Kier molecular flexibility index (Phi) is 3.32. The van der Waals surface area contributed by atoms with E-state index in [1.54, 1.807) is 49.1 Å². The highest BCUT2D eigenvalue weighted by Gasteiger charge is 2.14. The Labute approximate surface area is 130 Å². The zero-order valence-electron chi connectivity index (χ0n) is 11.8. The van der Waals surface area contributed by atoms with Crippen LogP contribution < -0.4 is 0 Å². The van der Waals surface area contributed by atoms with Gasteiger partial charge in [-0.1, -0.05) is 0 Å². The summed E-state index contributed by atoms with van der Waals surface area (Å²) in [4.78, 5) is 7.90. The van der Waals surface area contributed by atoms with Crippen molar-refractivity contribution in [3.05, 3.63) is 60.8 Å². The van der Waals surface area contributed by atoms with Crippen molar-refractivity contribution in [3.8, 4) is 22.9 Å². The van der Waals surface area contributed by atoms with E-state index in [0.717, 1.165) is 11.1 Å². The van der Waals surface area contributed by atoms with Crippen molar-refractivity contribution in [2.24, 2.45) is 0 Å². The molecule has 0 fully saturated rings. The molecular weight excluding hydrogens is 296 g/mol. The van der Waals surface area contributed by atoms with E-state index in [0.29, 0.717) is 23.6 Å². The first-order chi connectivity index (χ1) is 11.4. The Morgan fingerprint density at radius 2 is 1.04 bits per heavy atom. The smallest absolute Gasteiger partial charge is 0.247 e. The lowest BCUT2D eigenvalue weighted by Gasteiger charge is -1.92. The summed E-state index contributed by atoms with van der Waals surface area (Å²) in [6.45, 7) is 0. The monoisotopic (exact) mass is 306 g/mol. The van der Waals surface area contributed by atoms with Gasteiger partial charge in [0.05, 0.1) is 0 Å². The molecule has 0 aliphatic carbocycles. The normalized spacial score (nSPS) is 10.8. The van der Waals surface area contributed by atoms with E-state index in [4.69, 9.17) is 8.83 Å². The van der Waals surface area contributed by atoms with Crippen molar-refractivity contribution in [1.82, 2.24) is 30.4 Å². The summed E-state index contributed by atoms with van der Waals surface area (Å²) < 4.78 is 11.2. The number of aromatic nitrogens is 6. The third-order valence-corrected chi connectivity index (χ3v) is 3.09. The predicted molar refractivity (Wildman–Crippen MR) is 77.9 cm³/mol. The molecule has 0 spiro atoms. The first-order valence-electron chi connectivity index (χ1n) is 6.84. The molecule has 0 bridgehead atoms. The van der Waals surface area contributed by atoms with Crippen molar-refractivity contribution >= 4 is 0 Å². The van der Waals surface area contributed by atoms with E-state index >= 15 is 0 Å². The molecule has 0 saturated heterocycles. The molecule has 4 rings (SSSR count). The Morgan fingerprint density at radius 3 is 1.48 bits per heavy atom. The SMILES string of the molecule is c1cc(-c2nnc(Cc3nnc(-c4ccncc4)o3)o2)ccn1. The fourth-order valence-corrected chi connectivity index (χ4v) is 2.00. The molecule has 0 atom stereocenters. The lowest BCUT2D eigenvalue weighted by Crippen LogP contribution is -1.88. The van der Waals surface area contributed by atoms with Crippen LogP contribution in [0.4, 0.5) is 0 Å². The predicted octanol–water partition coefficient (Wildman–Crippen LogP) is 2.17. The van der Waals surface area contributed by atoms with Crippen molar-refractivity contribution in [2.75, 3.05) is 0 Å². The molecule has 4 aromatic rings. The maximum Gasteiger partial charge on any atom is 0.247 e. The van der Waals surface area contributed by atoms with Crippen LogP contribution in [0, 0.1) is 0 Å². The Balaban J connectivity index is 1.53. The summed E-state index contributed by atoms with van der Waals surface area (Å²) in [6.07, 6.45) is 6.93. The minimum absolute atomic E-state index is 0.274. The fraction of sp³-hybridized carbons (Fsp3) is 0.0667. The zero-order chi connectivity index (χ0) is 15.5. The second-order valence-electron chi connectivity index (χ2n) is 4.65. The third-order valence-electron chi connectivity index (χ3n) is 3.09. The van der Waals surface area contributed by atoms with Gasteiger partial charge < -0.3 is 8.83 Å². The van der Waals surface area contributed by atoms with Crippen LogP contribution >= 0.6 is 0 Å². The van der Waals surface area contributed by atoms with Gasteiger partial charge in [0.2, 0.25) is 23.6 Å². The average Bonchev–Trinajstić information content (AvgIpc) is 3.27. The molecule has 0 amide bonds. The van der Waals surface area contributed by atoms with Gasteiger partial charge in [0, 0.05) is 35.9 Å². The van der Waals surface area contributed by atoms with Gasteiger partial charge in [-0.2, -0.15) is 0 Å². The summed E-state index contributed by atoms with van der Waals surface area (Å²) in [5.41, 5.74) is 1.61. The third kappa shape index (κ3) is 2.82. The molecule has 0 aromatic carbocycles. The molecule has 0 unspecified atom stereocenters. The quantitative estimate of drug-likeness (QED) is 0.565. The van der Waals surface area contributed by atoms with Crippen LogP contribution in [-0.4, -0.2) is 30.4 Å². The maximum absolute atomic E-state index is 5.60. The number of hydrogen-bond acceptors (Lipinski definition) is 8. The molecule has 23 heavy (non-hydrogen) atoms. The standard InChI is InChI=1S/C15H10N6O2/c1-5-16-6-2-10(1)14-20-18-12(22-14)9-13-19-21-15(23-13)11-3-7-17-8-4-11/h1-8H,9H2. The maximum atomic E-state index is 5.60. The molecule has 0 saturated carbocycles. The summed E-state index contributed by atoms with van der Waals surface area (Å²) in [5.74, 6) is 1.66. The highest BCUT2D eigenvalue weighted by Crippen LogP contribution is 2.20. The second kappa shape index (κ2) is 5.76. The lowest BCUT2D eigenvalue weighted by molar-refractivity contribution is 0.466. The zero-order valence-corrected chi connectivity index (χ0v) is 11.8. The number of pyridine rings is 2. The average molecular weight is 306 g/mol. The van der Waals surface area contributed by atoms with Gasteiger partial charge in [-0.05, 0) is 24.3 Å². The topological polar surface area (TPSA) is 104 Å². The van der Waals surface area contributed by atoms with Crippen molar-refractivity contribution in [3.63, 3.8) is 0 Å². The van der Waals surface area contributed by atoms with Crippen LogP contribution in [0.5, 0.6) is 0 Å². The number of hydrogen-bond donors (Lipinski definition) is 0. The van der Waals surface area contributed by atoms with Crippen LogP contribution in [-0.2, 0) is 6.42 Å². The van der Waals surface area contributed by atoms with Crippen LogP contribution in [0.2, 0.25) is 0 Å². The fourth-order valence-electron chi connectivity index (χ4n) is 2.00. The van der Waals surface area contributed by atoms with Crippen molar-refractivity contribution in [1.29, 1.82) is 0 Å². The Bertz CT molecular complexity index is 828. The number of nitrogens with zero attached hydrogens (tertiary/aromatic N) is 6. The summed E-state index contributed by atoms with van der Waals surface area (Å²) >= 11 is 0. The van der Waals surface area contributed by atoms with Gasteiger partial charge in [-0.25, -0.2) is 0 Å². The highest BCUT2D eigenvalue weighted by atomic mass is 16.4. The molecule has 8 heteroatoms. The van der Waals surface area contributed by atoms with E-state index in [1.165, 1.54) is 0 Å². The summed E-state index contributed by atoms with van der Waals surface area (Å²) in [6, 6.07) is 7.19. The van der Waals surface area contributed by atoms with E-state index in [1.807, 2.05) is 0 Å². The van der Waals surface area contributed by atoms with Gasteiger partial charge in [-0.3, -0.25) is 9.97 Å². The van der Waals surface area contributed by atoms with Crippen LogP contribution in [0.15, 0.2) is 57.9 Å². The summed E-state index contributed by atoms with van der Waals surface area (Å²) in [7, 11) is 0. The van der Waals surface area contributed by atoms with Gasteiger partial charge in [0.1, 0.15) is 6.42 Å². The van der Waals surface area contributed by atoms with Gasteiger partial charge in [-0.15, -0.1) is 20.4 Å². The minimum atomic E-state index is 0.274. The van der Waals surface area contributed by atoms with Gasteiger partial charge in [0.15, 0.2) is 0 Å². The molecule has 4 heterocycles. The van der Waals surface area contributed by atoms with Crippen LogP contribution in [0.25, 0.3) is 22.9 Å². The van der Waals surface area contributed by atoms with Crippen molar-refractivity contribution < 1.29 is 8.83 Å². The first-order valence-corrected chi connectivity index (χ1v) is 6.84. The van der Waals surface area contributed by atoms with E-state index in [9.17, 15) is 0 Å². The molecule has 8 nitrogen and oxygen atoms in total. The Hall–Kier alpha value is -3.42. The van der Waals surface area contributed by atoms with E-state index in [-0.39, 0.29) is 6.42 Å². The van der Waals surface area contributed by atoms with Crippen LogP contribution in [0.1, 0.15) is 11.8 Å². The van der Waals surface area contributed by atoms with Gasteiger partial charge in [0.25, 0.3) is 0 Å². The van der Waals surface area contributed by atoms with E-state index in [2.05, 4.69) is 30.4 Å². The molecule has 0 aliphatic rings. The van der Waals surface area contributed by atoms with Crippen LogP contribution in [0.3, 0.4) is 0 Å². The molecule has 0 N–H and O–H groups in total. The number of rotatable bonds is 4. The van der Waals surface area contributed by atoms with Crippen molar-refractivity contribution in [2.45, 2.75) is 6.42 Å². The summed E-state index contributed by atoms with van der Waals surface area (Å²) in [5, 5.41) is 16.0. The first kappa shape index (κ1) is 13.3. The molecule has 0 radical (unpaired) electrons. The largest absolute Gasteiger partial charge is 0.420 e. The minimum Gasteiger partial charge on any atom is -0.420 e. The molecule has 112 valence electrons. The second-order valence-corrected chi connectivity index (χ2v) is 4.65. The van der Waals surface area contributed by atoms with E-state index < -0.39 is 0 Å². The Morgan fingerprint density at radius 1 is 0.609 bits per heavy atom. The molecular formula is C15H10N6O2. The molecule has 0 aliphatic heterocycles. The van der Waals surface area contributed by atoms with Gasteiger partial charge >= 0.3 is 0 Å². The highest BCUT2D eigenvalue weighted by molar-refractivity contribution is 5.51.